The van der Waals surface area contributed by atoms with E-state index in [0.29, 0.717) is 18.9 Å². The maximum Gasteiger partial charge on any atom is 0.217 e. The molecule has 0 bridgehead atoms. The van der Waals surface area contributed by atoms with Gasteiger partial charge in [-0.2, -0.15) is 5.26 Å². The van der Waals surface area contributed by atoms with Gasteiger partial charge in [-0.15, -0.1) is 0 Å². The summed E-state index contributed by atoms with van der Waals surface area (Å²) in [6.07, 6.45) is 1.45. The minimum atomic E-state index is -0.237. The third kappa shape index (κ3) is 2.51. The summed E-state index contributed by atoms with van der Waals surface area (Å²) in [4.78, 5) is 12.6. The zero-order chi connectivity index (χ0) is 8.97. The summed E-state index contributed by atoms with van der Waals surface area (Å²) < 4.78 is 0. The molecule has 0 saturated carbocycles. The second kappa shape index (κ2) is 4.07. The first kappa shape index (κ1) is 9.01. The highest BCUT2D eigenvalue weighted by Crippen LogP contribution is 2.18. The lowest BCUT2D eigenvalue weighted by Gasteiger charge is -2.09. The van der Waals surface area contributed by atoms with E-state index >= 15 is 0 Å². The Hall–Kier alpha value is -1.08. The van der Waals surface area contributed by atoms with Crippen LogP contribution in [-0.4, -0.2) is 30.4 Å². The first-order valence-electron chi connectivity index (χ1n) is 4.10. The molecule has 4 nitrogen and oxygen atoms in total. The van der Waals surface area contributed by atoms with E-state index in [-0.39, 0.29) is 5.91 Å². The van der Waals surface area contributed by atoms with Crippen LogP contribution < -0.4 is 5.73 Å². The van der Waals surface area contributed by atoms with Gasteiger partial charge < -0.3 is 5.73 Å². The van der Waals surface area contributed by atoms with Crippen molar-refractivity contribution in [3.05, 3.63) is 0 Å². The average molecular weight is 167 g/mol. The van der Waals surface area contributed by atoms with Crippen molar-refractivity contribution < 1.29 is 4.79 Å². The smallest absolute Gasteiger partial charge is 0.217 e. The number of hydrogen-bond donors (Lipinski definition) is 1. The van der Waals surface area contributed by atoms with E-state index in [0.717, 1.165) is 19.5 Å². The fraction of sp³-hybridized carbons (Fsp3) is 0.750. The number of hydrogen-bond acceptors (Lipinski definition) is 3. The van der Waals surface area contributed by atoms with Crippen molar-refractivity contribution in [3.63, 3.8) is 0 Å². The van der Waals surface area contributed by atoms with Crippen LogP contribution in [0, 0.1) is 17.2 Å². The largest absolute Gasteiger partial charge is 0.370 e. The molecule has 1 heterocycles. The van der Waals surface area contributed by atoms with Crippen molar-refractivity contribution in [2.24, 2.45) is 11.7 Å². The molecule has 1 fully saturated rings. The molecule has 0 aliphatic carbocycles. The summed E-state index contributed by atoms with van der Waals surface area (Å²) in [5.74, 6) is 0.134. The lowest BCUT2D eigenvalue weighted by molar-refractivity contribution is -0.118. The van der Waals surface area contributed by atoms with E-state index in [1.165, 1.54) is 0 Å². The third-order valence-electron chi connectivity index (χ3n) is 2.15. The number of nitrogens with two attached hydrogens (primary N) is 1. The van der Waals surface area contributed by atoms with Crippen LogP contribution in [0.25, 0.3) is 0 Å². The summed E-state index contributed by atoms with van der Waals surface area (Å²) >= 11 is 0. The van der Waals surface area contributed by atoms with Gasteiger partial charge in [-0.05, 0) is 18.9 Å². The van der Waals surface area contributed by atoms with E-state index in [1.54, 1.807) is 0 Å². The maximum absolute atomic E-state index is 10.6. The highest BCUT2D eigenvalue weighted by Gasteiger charge is 2.22. The van der Waals surface area contributed by atoms with E-state index < -0.39 is 0 Å². The quantitative estimate of drug-likeness (QED) is 0.587. The molecule has 1 unspecified atom stereocenters. The molecule has 0 spiro atoms. The molecule has 0 aromatic carbocycles. The molecule has 1 aliphatic heterocycles. The summed E-state index contributed by atoms with van der Waals surface area (Å²) in [6.45, 7) is 2.23. The van der Waals surface area contributed by atoms with Crippen molar-refractivity contribution in [1.82, 2.24) is 4.90 Å². The number of carbonyl (C=O) groups is 1. The van der Waals surface area contributed by atoms with Crippen molar-refractivity contribution in [1.29, 1.82) is 5.26 Å². The summed E-state index contributed by atoms with van der Waals surface area (Å²) in [5.41, 5.74) is 5.07. The number of primary amides is 1. The molecular formula is C8H13N3O. The number of nitrogens with zero attached hydrogens (tertiary/aromatic N) is 2. The lowest BCUT2D eigenvalue weighted by atomic mass is 10.1. The van der Waals surface area contributed by atoms with Gasteiger partial charge in [-0.3, -0.25) is 9.69 Å². The molecule has 0 aromatic heterocycles. The van der Waals surface area contributed by atoms with Gasteiger partial charge in [0.2, 0.25) is 5.91 Å². The number of likely N-dealkylation sites (tertiary alicyclic amines) is 1. The molecule has 1 atom stereocenters. The number of rotatable bonds is 3. The Morgan fingerprint density at radius 2 is 2.50 bits per heavy atom. The lowest BCUT2D eigenvalue weighted by Crippen LogP contribution is -2.22. The molecule has 1 rings (SSSR count). The molecule has 12 heavy (non-hydrogen) atoms. The molecule has 0 radical (unpaired) electrons. The maximum atomic E-state index is 10.6. The topological polar surface area (TPSA) is 70.1 Å². The highest BCUT2D eigenvalue weighted by atomic mass is 16.1. The van der Waals surface area contributed by atoms with E-state index in [4.69, 9.17) is 11.0 Å². The van der Waals surface area contributed by atoms with Crippen LogP contribution in [0.1, 0.15) is 12.8 Å². The number of amides is 1. The summed E-state index contributed by atoms with van der Waals surface area (Å²) in [6, 6.07) is 2.09. The van der Waals surface area contributed by atoms with Gasteiger partial charge in [0, 0.05) is 13.0 Å². The molecule has 2 N–H and O–H groups in total. The van der Waals surface area contributed by atoms with Crippen molar-refractivity contribution in [3.8, 4) is 6.07 Å². The van der Waals surface area contributed by atoms with E-state index in [2.05, 4.69) is 6.07 Å². The Kier molecular flexibility index (Phi) is 3.06. The van der Waals surface area contributed by atoms with Crippen LogP contribution in [-0.2, 0) is 4.79 Å². The Morgan fingerprint density at radius 3 is 3.08 bits per heavy atom. The van der Waals surface area contributed by atoms with Gasteiger partial charge >= 0.3 is 0 Å². The predicted molar refractivity (Wildman–Crippen MR) is 44.0 cm³/mol. The van der Waals surface area contributed by atoms with Gasteiger partial charge in [0.25, 0.3) is 0 Å². The Bertz CT molecular complexity index is 209. The molecule has 1 amide bonds. The normalized spacial score (nSPS) is 23.8. The molecule has 66 valence electrons. The van der Waals surface area contributed by atoms with Crippen molar-refractivity contribution in [2.45, 2.75) is 12.8 Å². The zero-order valence-electron chi connectivity index (χ0n) is 6.99. The van der Waals surface area contributed by atoms with E-state index in [1.807, 2.05) is 4.90 Å². The monoisotopic (exact) mass is 167 g/mol. The Labute approximate surface area is 71.9 Å². The van der Waals surface area contributed by atoms with Crippen LogP contribution in [0.4, 0.5) is 0 Å². The van der Waals surface area contributed by atoms with Gasteiger partial charge in [0.15, 0.2) is 0 Å². The second-order valence-electron chi connectivity index (χ2n) is 3.22. The Morgan fingerprint density at radius 1 is 1.75 bits per heavy atom. The standard InChI is InChI=1S/C8H13N3O/c9-2-4-11-3-1-7(6-11)5-8(10)12/h7H,1,3-6H2,(H2,10,12). The first-order valence-corrected chi connectivity index (χ1v) is 4.10. The predicted octanol–water partition coefficient (Wildman–Crippen LogP) is -0.293. The molecule has 4 heteroatoms. The van der Waals surface area contributed by atoms with Crippen LogP contribution in [0.3, 0.4) is 0 Å². The minimum absolute atomic E-state index is 0.237. The highest BCUT2D eigenvalue weighted by molar-refractivity contribution is 5.74. The zero-order valence-corrected chi connectivity index (χ0v) is 6.99. The fourth-order valence-corrected chi connectivity index (χ4v) is 1.61. The van der Waals surface area contributed by atoms with Crippen LogP contribution in [0.15, 0.2) is 0 Å². The van der Waals surface area contributed by atoms with E-state index in [9.17, 15) is 4.79 Å². The molecule has 1 saturated heterocycles. The second-order valence-corrected chi connectivity index (χ2v) is 3.22. The SMILES string of the molecule is N#CCN1CCC(CC(N)=O)C1. The molecule has 1 aliphatic rings. The first-order chi connectivity index (χ1) is 5.72. The van der Waals surface area contributed by atoms with Crippen LogP contribution in [0.2, 0.25) is 0 Å². The Balaban J connectivity index is 2.26. The third-order valence-corrected chi connectivity index (χ3v) is 2.15. The summed E-state index contributed by atoms with van der Waals surface area (Å²) in [5, 5.41) is 8.41. The van der Waals surface area contributed by atoms with Gasteiger partial charge in [-0.25, -0.2) is 0 Å². The number of nitriles is 1. The summed E-state index contributed by atoms with van der Waals surface area (Å²) in [7, 11) is 0. The molecular weight excluding hydrogens is 154 g/mol. The van der Waals surface area contributed by atoms with Gasteiger partial charge in [0.1, 0.15) is 0 Å². The minimum Gasteiger partial charge on any atom is -0.370 e. The molecule has 0 aromatic rings. The fourth-order valence-electron chi connectivity index (χ4n) is 1.61. The van der Waals surface area contributed by atoms with Gasteiger partial charge in [0.05, 0.1) is 12.6 Å². The van der Waals surface area contributed by atoms with Crippen LogP contribution in [0.5, 0.6) is 0 Å². The van der Waals surface area contributed by atoms with Crippen molar-refractivity contribution >= 4 is 5.91 Å². The van der Waals surface area contributed by atoms with Crippen molar-refractivity contribution in [2.75, 3.05) is 19.6 Å². The average Bonchev–Trinajstić information content (AvgIpc) is 2.36. The number of carbonyl (C=O) groups excluding carboxylic acids is 1. The van der Waals surface area contributed by atoms with Crippen LogP contribution >= 0.6 is 0 Å². The van der Waals surface area contributed by atoms with Gasteiger partial charge in [-0.1, -0.05) is 0 Å².